The minimum Gasteiger partial charge on any atom is -0.462 e. The summed E-state index contributed by atoms with van der Waals surface area (Å²) in [6.07, 6.45) is -8.87. The number of hydrogen-bond donors (Lipinski definition) is 3. The normalized spacial score (nSPS) is 22.2. The molecule has 3 heterocycles. The number of ether oxygens (including phenoxy) is 3. The minimum absolute atomic E-state index is 0.0286. The van der Waals surface area contributed by atoms with E-state index in [-0.39, 0.29) is 35.3 Å². The molecule has 0 aliphatic carbocycles. The molecular formula is C31H42F4N7O9P. The van der Waals surface area contributed by atoms with Crippen molar-refractivity contribution in [1.29, 1.82) is 0 Å². The first-order chi connectivity index (χ1) is 24.4. The van der Waals surface area contributed by atoms with Crippen LogP contribution in [0.1, 0.15) is 53.2 Å². The number of carbonyl (C=O) groups excluding carboxylic acids is 2. The highest BCUT2D eigenvalue weighted by atomic mass is 31.2. The Kier molecular flexibility index (Phi) is 13.1. The van der Waals surface area contributed by atoms with Crippen molar-refractivity contribution in [2.75, 3.05) is 37.5 Å². The van der Waals surface area contributed by atoms with E-state index in [4.69, 9.17) is 23.3 Å². The molecule has 21 heteroatoms. The van der Waals surface area contributed by atoms with E-state index in [0.717, 1.165) is 30.7 Å². The number of carbonyl (C=O) groups is 2. The molecule has 2 aromatic heterocycles. The van der Waals surface area contributed by atoms with Crippen molar-refractivity contribution < 1.29 is 60.1 Å². The lowest BCUT2D eigenvalue weighted by Crippen LogP contribution is -2.49. The molecule has 16 nitrogen and oxygen atoms in total. The first kappa shape index (κ1) is 40.7. The fourth-order valence-corrected chi connectivity index (χ4v) is 6.53. The van der Waals surface area contributed by atoms with E-state index in [1.54, 1.807) is 30.1 Å². The highest BCUT2D eigenvalue weighted by molar-refractivity contribution is 7.52. The number of nitrogens with zero attached hydrogens (tertiary/aromatic N) is 5. The van der Waals surface area contributed by atoms with E-state index in [2.05, 4.69) is 20.3 Å². The number of benzene rings is 1. The first-order valence-corrected chi connectivity index (χ1v) is 17.8. The smallest absolute Gasteiger partial charge is 0.459 e. The second kappa shape index (κ2) is 16.7. The van der Waals surface area contributed by atoms with Crippen LogP contribution in [0.3, 0.4) is 0 Å². The van der Waals surface area contributed by atoms with Crippen LogP contribution in [0, 0.1) is 0 Å². The van der Waals surface area contributed by atoms with Crippen molar-refractivity contribution in [3.8, 4) is 5.75 Å². The van der Waals surface area contributed by atoms with Crippen molar-refractivity contribution in [2.45, 2.75) is 89.4 Å². The lowest BCUT2D eigenvalue weighted by atomic mass is 9.98. The number of halogens is 4. The number of hydrogen-bond acceptors (Lipinski definition) is 13. The zero-order chi connectivity index (χ0) is 38.4. The van der Waals surface area contributed by atoms with E-state index in [9.17, 15) is 32.4 Å². The second-order valence-corrected chi connectivity index (χ2v) is 14.2. The molecule has 0 bridgehead atoms. The van der Waals surface area contributed by atoms with Gasteiger partial charge in [-0.15, -0.1) is 0 Å². The Balaban J connectivity index is 1.62. The SMILES string of the molecule is CCCCCOC(=O)Nc1nc(N(C)C)c2ncn([C@@H]3O[C@H](CO[P@@](=O)(N[C@H](C(=O)OC(C)C)C(F)(F)F)Oc4ccccc4)[C@@H](O)[C@@]3(C)F)c2n1. The van der Waals surface area contributed by atoms with Gasteiger partial charge in [-0.05, 0) is 39.3 Å². The van der Waals surface area contributed by atoms with Crippen LogP contribution >= 0.6 is 7.75 Å². The van der Waals surface area contributed by atoms with Crippen molar-refractivity contribution in [3.63, 3.8) is 0 Å². The van der Waals surface area contributed by atoms with E-state index in [1.165, 1.54) is 38.1 Å². The van der Waals surface area contributed by atoms with Gasteiger partial charge >= 0.3 is 26.0 Å². The maximum absolute atomic E-state index is 16.4. The highest BCUT2D eigenvalue weighted by Gasteiger charge is 2.57. The minimum atomic E-state index is -5.31. The molecule has 0 unspecified atom stereocenters. The molecule has 0 saturated carbocycles. The number of amides is 1. The molecule has 3 N–H and O–H groups in total. The summed E-state index contributed by atoms with van der Waals surface area (Å²) in [6, 6.07) is 3.82. The summed E-state index contributed by atoms with van der Waals surface area (Å²) < 4.78 is 99.8. The van der Waals surface area contributed by atoms with Gasteiger partial charge in [0.1, 0.15) is 18.0 Å². The van der Waals surface area contributed by atoms with Gasteiger partial charge in [-0.2, -0.15) is 28.2 Å². The quantitative estimate of drug-likeness (QED) is 0.0739. The molecule has 0 radical (unpaired) electrons. The molecule has 6 atom stereocenters. The Hall–Kier alpha value is -4.10. The summed E-state index contributed by atoms with van der Waals surface area (Å²) >= 11 is 0. The number of unbranched alkanes of at least 4 members (excludes halogenated alkanes) is 2. The van der Waals surface area contributed by atoms with Gasteiger partial charge in [-0.25, -0.2) is 23.5 Å². The van der Waals surface area contributed by atoms with Crippen molar-refractivity contribution in [2.24, 2.45) is 0 Å². The number of nitrogens with one attached hydrogen (secondary N) is 2. The van der Waals surface area contributed by atoms with E-state index in [1.807, 2.05) is 6.92 Å². The maximum Gasteiger partial charge on any atom is 0.459 e. The predicted molar refractivity (Wildman–Crippen MR) is 178 cm³/mol. The van der Waals surface area contributed by atoms with E-state index in [0.29, 0.717) is 6.42 Å². The van der Waals surface area contributed by atoms with Crippen LogP contribution in [0.5, 0.6) is 5.75 Å². The van der Waals surface area contributed by atoms with Crippen molar-refractivity contribution in [3.05, 3.63) is 36.7 Å². The van der Waals surface area contributed by atoms with Gasteiger partial charge in [-0.1, -0.05) is 38.0 Å². The number of aliphatic hydroxyl groups excluding tert-OH is 1. The fourth-order valence-electron chi connectivity index (χ4n) is 5.04. The molecule has 0 spiro atoms. The summed E-state index contributed by atoms with van der Waals surface area (Å²) in [5.41, 5.74) is -2.50. The Bertz CT molecular complexity index is 1730. The molecular weight excluding hydrogens is 721 g/mol. The lowest BCUT2D eigenvalue weighted by molar-refractivity contribution is -0.185. The van der Waals surface area contributed by atoms with Gasteiger partial charge < -0.3 is 28.7 Å². The summed E-state index contributed by atoms with van der Waals surface area (Å²) in [6.45, 7) is 4.81. The lowest BCUT2D eigenvalue weighted by Gasteiger charge is -2.27. The zero-order valence-electron chi connectivity index (χ0n) is 29.3. The number of aromatic nitrogens is 4. The van der Waals surface area contributed by atoms with Gasteiger partial charge in [0.05, 0.1) is 25.6 Å². The van der Waals surface area contributed by atoms with Crippen LogP contribution in [0.2, 0.25) is 0 Å². The molecule has 1 saturated heterocycles. The molecule has 1 aliphatic heterocycles. The second-order valence-electron chi connectivity index (χ2n) is 12.5. The molecule has 1 fully saturated rings. The topological polar surface area (TPSA) is 188 Å². The van der Waals surface area contributed by atoms with Crippen LogP contribution in [0.4, 0.5) is 34.1 Å². The van der Waals surface area contributed by atoms with Crippen LogP contribution in [-0.2, 0) is 28.1 Å². The zero-order valence-corrected chi connectivity index (χ0v) is 30.2. The Morgan fingerprint density at radius 3 is 2.48 bits per heavy atom. The third-order valence-corrected chi connectivity index (χ3v) is 9.09. The fraction of sp³-hybridized carbons (Fsp3) is 0.581. The molecule has 1 aromatic carbocycles. The average Bonchev–Trinajstić information content (AvgIpc) is 3.57. The first-order valence-electron chi connectivity index (χ1n) is 16.3. The Morgan fingerprint density at radius 1 is 1.17 bits per heavy atom. The van der Waals surface area contributed by atoms with Crippen molar-refractivity contribution in [1.82, 2.24) is 24.6 Å². The van der Waals surface area contributed by atoms with Crippen LogP contribution in [-0.4, -0.2) is 100 Å². The standard InChI is InChI=1S/C31H42F4N7O9P/c1-7-8-12-15-47-29(45)39-28-37-24(41(5)6)21-25(38-28)42(17-36-21)27-30(4,32)23(43)20(50-27)16-48-52(46,51-19-13-10-9-11-14-19)40-22(31(33,34)35)26(44)49-18(2)3/h9-11,13-14,17-18,20,22-23,27,43H,7-8,12,15-16H2,1-6H3,(H,40,46)(H,37,38,39,45)/t20-,22-,23-,27-,30-,52+/m1/s1. The number of fused-ring (bicyclic) bond motifs is 1. The van der Waals surface area contributed by atoms with Crippen LogP contribution in [0.25, 0.3) is 11.2 Å². The Morgan fingerprint density at radius 2 is 1.87 bits per heavy atom. The van der Waals surface area contributed by atoms with E-state index >= 15 is 4.39 Å². The molecule has 3 aromatic rings. The number of aliphatic hydroxyl groups is 1. The molecule has 4 rings (SSSR count). The van der Waals surface area contributed by atoms with Gasteiger partial charge in [0, 0.05) is 14.1 Å². The number of alkyl halides is 4. The van der Waals surface area contributed by atoms with Crippen LogP contribution in [0.15, 0.2) is 36.7 Å². The number of rotatable bonds is 16. The molecule has 1 aliphatic rings. The summed E-state index contributed by atoms with van der Waals surface area (Å²) in [4.78, 5) is 39.3. The molecule has 52 heavy (non-hydrogen) atoms. The Labute approximate surface area is 296 Å². The molecule has 288 valence electrons. The number of esters is 1. The monoisotopic (exact) mass is 763 g/mol. The summed E-state index contributed by atoms with van der Waals surface area (Å²) in [5, 5.41) is 15.1. The van der Waals surface area contributed by atoms with Gasteiger partial charge in [0.25, 0.3) is 0 Å². The maximum atomic E-state index is 16.4. The van der Waals surface area contributed by atoms with Gasteiger partial charge in [0.2, 0.25) is 12.0 Å². The molecule has 1 amide bonds. The van der Waals surface area contributed by atoms with Crippen LogP contribution < -0.4 is 19.8 Å². The number of imidazole rings is 1. The number of anilines is 2. The van der Waals surface area contributed by atoms with E-state index < -0.39 is 68.8 Å². The predicted octanol–water partition coefficient (Wildman–Crippen LogP) is 5.29. The third kappa shape index (κ3) is 9.86. The average molecular weight is 764 g/mol. The summed E-state index contributed by atoms with van der Waals surface area (Å²) in [5.74, 6) is -1.99. The van der Waals surface area contributed by atoms with Gasteiger partial charge in [0.15, 0.2) is 28.9 Å². The van der Waals surface area contributed by atoms with Gasteiger partial charge in [-0.3, -0.25) is 14.4 Å². The number of para-hydroxylation sites is 1. The highest BCUT2D eigenvalue weighted by Crippen LogP contribution is 2.49. The third-order valence-electron chi connectivity index (χ3n) is 7.57. The summed E-state index contributed by atoms with van der Waals surface area (Å²) in [7, 11) is -1.87. The van der Waals surface area contributed by atoms with Crippen molar-refractivity contribution >= 4 is 42.7 Å². The largest absolute Gasteiger partial charge is 0.462 e.